The summed E-state index contributed by atoms with van der Waals surface area (Å²) in [6, 6.07) is 10.2. The van der Waals surface area contributed by atoms with Gasteiger partial charge >= 0.3 is 0 Å². The lowest BCUT2D eigenvalue weighted by Gasteiger charge is -2.61. The molecular weight excluding hydrogens is 320 g/mol. The Kier molecular flexibility index (Phi) is 4.42. The molecule has 4 aliphatic carbocycles. The van der Waals surface area contributed by atoms with Gasteiger partial charge in [0.25, 0.3) is 0 Å². The maximum absolute atomic E-state index is 13.3. The first-order valence-corrected chi connectivity index (χ1v) is 10.4. The van der Waals surface area contributed by atoms with Gasteiger partial charge in [-0.3, -0.25) is 9.69 Å². The molecule has 3 nitrogen and oxygen atoms in total. The first kappa shape index (κ1) is 18.0. The van der Waals surface area contributed by atoms with E-state index in [-0.39, 0.29) is 23.0 Å². The smallest absolute Gasteiger partial charge is 0.242 e. The van der Waals surface area contributed by atoms with Crippen LogP contribution in [0.15, 0.2) is 30.3 Å². The van der Waals surface area contributed by atoms with E-state index in [9.17, 15) is 4.79 Å². The van der Waals surface area contributed by atoms with Gasteiger partial charge in [0.1, 0.15) is 6.04 Å². The summed E-state index contributed by atoms with van der Waals surface area (Å²) in [5.74, 6) is 2.78. The number of amides is 1. The Bertz CT molecular complexity index is 625. The molecule has 1 atom stereocenters. The molecule has 1 aromatic rings. The van der Waals surface area contributed by atoms with Gasteiger partial charge in [-0.2, -0.15) is 0 Å². The zero-order valence-corrected chi connectivity index (χ0v) is 16.8. The second-order valence-corrected chi connectivity index (χ2v) is 10.3. The molecule has 4 fully saturated rings. The lowest BCUT2D eigenvalue weighted by molar-refractivity contribution is -0.138. The summed E-state index contributed by atoms with van der Waals surface area (Å²) in [5.41, 5.74) is 1.11. The van der Waals surface area contributed by atoms with Crippen LogP contribution >= 0.6 is 0 Å². The van der Waals surface area contributed by atoms with Gasteiger partial charge in [-0.1, -0.05) is 30.3 Å². The quantitative estimate of drug-likeness (QED) is 0.861. The molecule has 4 bridgehead atoms. The van der Waals surface area contributed by atoms with Crippen molar-refractivity contribution in [2.45, 2.75) is 76.4 Å². The molecule has 0 heterocycles. The van der Waals surface area contributed by atoms with E-state index in [0.29, 0.717) is 0 Å². The molecule has 0 radical (unpaired) electrons. The minimum Gasteiger partial charge on any atom is -0.350 e. The molecule has 5 rings (SSSR count). The van der Waals surface area contributed by atoms with Gasteiger partial charge in [-0.05, 0) is 89.7 Å². The fourth-order valence-electron chi connectivity index (χ4n) is 6.39. The number of nitrogens with zero attached hydrogens (tertiary/aromatic N) is 1. The molecule has 0 saturated heterocycles. The molecule has 1 unspecified atom stereocenters. The van der Waals surface area contributed by atoms with Crippen LogP contribution in [0.5, 0.6) is 0 Å². The van der Waals surface area contributed by atoms with Crippen LogP contribution in [0.3, 0.4) is 0 Å². The van der Waals surface area contributed by atoms with Crippen molar-refractivity contribution in [2.24, 2.45) is 17.8 Å². The number of benzene rings is 1. The largest absolute Gasteiger partial charge is 0.350 e. The van der Waals surface area contributed by atoms with E-state index >= 15 is 0 Å². The summed E-state index contributed by atoms with van der Waals surface area (Å²) < 4.78 is 0. The van der Waals surface area contributed by atoms with Crippen molar-refractivity contribution in [3.63, 3.8) is 0 Å². The molecule has 4 saturated carbocycles. The van der Waals surface area contributed by atoms with E-state index in [0.717, 1.165) is 23.3 Å². The lowest BCUT2D eigenvalue weighted by atomic mass is 9.52. The van der Waals surface area contributed by atoms with E-state index < -0.39 is 0 Å². The number of nitrogens with one attached hydrogen (secondary N) is 1. The van der Waals surface area contributed by atoms with E-state index in [1.54, 1.807) is 0 Å². The van der Waals surface area contributed by atoms with Crippen molar-refractivity contribution in [1.29, 1.82) is 0 Å². The van der Waals surface area contributed by atoms with Crippen LogP contribution in [0, 0.1) is 17.8 Å². The van der Waals surface area contributed by atoms with Gasteiger partial charge in [0.2, 0.25) is 5.91 Å². The minimum absolute atomic E-state index is 0.141. The maximum atomic E-state index is 13.3. The summed E-state index contributed by atoms with van der Waals surface area (Å²) in [5, 5.41) is 3.25. The fourth-order valence-corrected chi connectivity index (χ4v) is 6.39. The van der Waals surface area contributed by atoms with Crippen LogP contribution < -0.4 is 5.32 Å². The molecule has 142 valence electrons. The van der Waals surface area contributed by atoms with Crippen molar-refractivity contribution in [2.75, 3.05) is 7.05 Å². The Balaban J connectivity index is 1.66. The van der Waals surface area contributed by atoms with Gasteiger partial charge in [0.05, 0.1) is 0 Å². The third kappa shape index (κ3) is 3.31. The molecule has 1 N–H and O–H groups in total. The summed E-state index contributed by atoms with van der Waals surface area (Å²) in [4.78, 5) is 15.8. The number of rotatable bonds is 4. The number of carbonyl (C=O) groups is 1. The summed E-state index contributed by atoms with van der Waals surface area (Å²) in [7, 11) is 2.22. The first-order chi connectivity index (χ1) is 12.3. The summed E-state index contributed by atoms with van der Waals surface area (Å²) in [6.07, 6.45) is 8.12. The molecule has 26 heavy (non-hydrogen) atoms. The Morgan fingerprint density at radius 3 is 2.00 bits per heavy atom. The van der Waals surface area contributed by atoms with Crippen molar-refractivity contribution in [1.82, 2.24) is 10.2 Å². The average molecular weight is 355 g/mol. The average Bonchev–Trinajstić information content (AvgIpc) is 2.53. The molecule has 4 aliphatic rings. The minimum atomic E-state index is -0.216. The molecule has 0 spiro atoms. The predicted molar refractivity (Wildman–Crippen MR) is 106 cm³/mol. The van der Waals surface area contributed by atoms with Crippen LogP contribution in [0.25, 0.3) is 0 Å². The number of carbonyl (C=O) groups excluding carboxylic acids is 1. The third-order valence-electron chi connectivity index (χ3n) is 7.00. The van der Waals surface area contributed by atoms with Crippen LogP contribution in [-0.4, -0.2) is 28.9 Å². The summed E-state index contributed by atoms with van der Waals surface area (Å²) in [6.45, 7) is 6.20. The number of hydrogen-bond donors (Lipinski definition) is 1. The monoisotopic (exact) mass is 354 g/mol. The Hall–Kier alpha value is -1.35. The van der Waals surface area contributed by atoms with E-state index in [1.165, 1.54) is 38.5 Å². The van der Waals surface area contributed by atoms with Crippen molar-refractivity contribution in [3.8, 4) is 0 Å². The zero-order chi connectivity index (χ0) is 18.5. The molecule has 1 amide bonds. The highest BCUT2D eigenvalue weighted by atomic mass is 16.2. The van der Waals surface area contributed by atoms with Crippen molar-refractivity contribution < 1.29 is 4.79 Å². The zero-order valence-electron chi connectivity index (χ0n) is 16.8. The first-order valence-electron chi connectivity index (χ1n) is 10.4. The third-order valence-corrected chi connectivity index (χ3v) is 7.00. The van der Waals surface area contributed by atoms with E-state index in [1.807, 2.05) is 6.07 Å². The van der Waals surface area contributed by atoms with Gasteiger partial charge in [-0.15, -0.1) is 0 Å². The van der Waals surface area contributed by atoms with Crippen LogP contribution in [-0.2, 0) is 4.79 Å². The lowest BCUT2D eigenvalue weighted by Crippen LogP contribution is -2.61. The SMILES string of the molecule is CN(C(C(=O)NC(C)(C)C)c1ccccc1)C12CC3CC(CC(C3)C1)C2. The second-order valence-electron chi connectivity index (χ2n) is 10.3. The second kappa shape index (κ2) is 6.37. The van der Waals surface area contributed by atoms with E-state index in [2.05, 4.69) is 62.3 Å². The van der Waals surface area contributed by atoms with Gasteiger partial charge < -0.3 is 5.32 Å². The Morgan fingerprint density at radius 2 is 1.54 bits per heavy atom. The van der Waals surface area contributed by atoms with Crippen LogP contribution in [0.2, 0.25) is 0 Å². The highest BCUT2D eigenvalue weighted by Crippen LogP contribution is 2.58. The topological polar surface area (TPSA) is 32.3 Å². The molecular formula is C23H34N2O. The normalized spacial score (nSPS) is 34.1. The van der Waals surface area contributed by atoms with Gasteiger partial charge in [0, 0.05) is 11.1 Å². The molecule has 3 heteroatoms. The standard InChI is InChI=1S/C23H34N2O/c1-22(2,3)24-21(26)20(19-8-6-5-7-9-19)25(4)23-13-16-10-17(14-23)12-18(11-16)15-23/h5-9,16-18,20H,10-15H2,1-4H3,(H,24,26). The van der Waals surface area contributed by atoms with Crippen LogP contribution in [0.1, 0.15) is 70.9 Å². The molecule has 0 aliphatic heterocycles. The Labute approximate surface area is 158 Å². The predicted octanol–water partition coefficient (Wildman–Crippen LogP) is 4.54. The molecule has 0 aromatic heterocycles. The summed E-state index contributed by atoms with van der Waals surface area (Å²) >= 11 is 0. The van der Waals surface area contributed by atoms with Gasteiger partial charge in [-0.25, -0.2) is 0 Å². The highest BCUT2D eigenvalue weighted by Gasteiger charge is 2.54. The fraction of sp³-hybridized carbons (Fsp3) is 0.696. The van der Waals surface area contributed by atoms with Crippen LogP contribution in [0.4, 0.5) is 0 Å². The number of likely N-dealkylation sites (N-methyl/N-ethyl adjacent to an activating group) is 1. The highest BCUT2D eigenvalue weighted by molar-refractivity contribution is 5.84. The number of hydrogen-bond acceptors (Lipinski definition) is 2. The molecule has 1 aromatic carbocycles. The maximum Gasteiger partial charge on any atom is 0.242 e. The Morgan fingerprint density at radius 1 is 1.04 bits per heavy atom. The van der Waals surface area contributed by atoms with Crippen molar-refractivity contribution >= 4 is 5.91 Å². The van der Waals surface area contributed by atoms with E-state index in [4.69, 9.17) is 0 Å². The van der Waals surface area contributed by atoms with Gasteiger partial charge in [0.15, 0.2) is 0 Å². The van der Waals surface area contributed by atoms with Crippen molar-refractivity contribution in [3.05, 3.63) is 35.9 Å².